The summed E-state index contributed by atoms with van der Waals surface area (Å²) in [6.07, 6.45) is 1.14. The number of rotatable bonds is 8. The molecular weight excluding hydrogens is 352 g/mol. The number of nitrogens with one attached hydrogen (secondary N) is 3. The molecule has 0 aliphatic carbocycles. The summed E-state index contributed by atoms with van der Waals surface area (Å²) in [7, 11) is 0. The highest BCUT2D eigenvalue weighted by Gasteiger charge is 2.19. The van der Waals surface area contributed by atoms with E-state index in [2.05, 4.69) is 16.0 Å². The van der Waals surface area contributed by atoms with Crippen molar-refractivity contribution in [1.82, 2.24) is 16.0 Å². The lowest BCUT2D eigenvalue weighted by Gasteiger charge is -2.18. The third-order valence-electron chi connectivity index (χ3n) is 3.98. The summed E-state index contributed by atoms with van der Waals surface area (Å²) < 4.78 is 26.5. The standard InChI is InChI=1S/C20H23F2N3O2/c1-2-5-18(19(26)23-13-15-6-3-4-7-17(15)22)25-20(27)24-12-14-8-10-16(21)11-9-14/h3-4,6-11,18H,2,5,12-13H2,1H3,(H,23,26)(H2,24,25,27). The molecule has 1 atom stereocenters. The van der Waals surface area contributed by atoms with E-state index in [0.717, 1.165) is 5.56 Å². The molecule has 2 aromatic carbocycles. The molecule has 0 aliphatic heterocycles. The minimum atomic E-state index is -0.727. The molecule has 0 radical (unpaired) electrons. The lowest BCUT2D eigenvalue weighted by Crippen LogP contribution is -2.49. The number of benzene rings is 2. The van der Waals surface area contributed by atoms with Crippen LogP contribution in [0.2, 0.25) is 0 Å². The van der Waals surface area contributed by atoms with E-state index < -0.39 is 17.9 Å². The Morgan fingerprint density at radius 3 is 2.33 bits per heavy atom. The molecule has 3 amide bonds. The zero-order valence-corrected chi connectivity index (χ0v) is 15.1. The van der Waals surface area contributed by atoms with Gasteiger partial charge in [-0.25, -0.2) is 13.6 Å². The van der Waals surface area contributed by atoms with Crippen molar-refractivity contribution in [2.75, 3.05) is 0 Å². The molecule has 2 aromatic rings. The van der Waals surface area contributed by atoms with Crippen LogP contribution in [0.15, 0.2) is 48.5 Å². The molecule has 0 heterocycles. The quantitative estimate of drug-likeness (QED) is 0.663. The van der Waals surface area contributed by atoms with Crippen LogP contribution in [0.3, 0.4) is 0 Å². The van der Waals surface area contributed by atoms with Crippen molar-refractivity contribution in [3.05, 3.63) is 71.3 Å². The van der Waals surface area contributed by atoms with E-state index in [1.54, 1.807) is 30.3 Å². The third kappa shape index (κ3) is 6.69. The molecular formula is C20H23F2N3O2. The van der Waals surface area contributed by atoms with Gasteiger partial charge >= 0.3 is 6.03 Å². The molecule has 27 heavy (non-hydrogen) atoms. The number of amides is 3. The summed E-state index contributed by atoms with van der Waals surface area (Å²) in [4.78, 5) is 24.4. The first-order valence-electron chi connectivity index (χ1n) is 8.79. The summed E-state index contributed by atoms with van der Waals surface area (Å²) in [6, 6.07) is 10.7. The van der Waals surface area contributed by atoms with Gasteiger partial charge < -0.3 is 16.0 Å². The monoisotopic (exact) mass is 375 g/mol. The molecule has 0 saturated carbocycles. The van der Waals surface area contributed by atoms with Crippen LogP contribution in [0.25, 0.3) is 0 Å². The summed E-state index contributed by atoms with van der Waals surface area (Å²) in [5.41, 5.74) is 1.12. The second kappa shape index (κ2) is 10.3. The van der Waals surface area contributed by atoms with Gasteiger partial charge in [0.1, 0.15) is 17.7 Å². The van der Waals surface area contributed by atoms with Gasteiger partial charge in [-0.15, -0.1) is 0 Å². The largest absolute Gasteiger partial charge is 0.350 e. The Bertz CT molecular complexity index is 766. The number of carbonyl (C=O) groups is 2. The highest BCUT2D eigenvalue weighted by atomic mass is 19.1. The molecule has 0 saturated heterocycles. The van der Waals surface area contributed by atoms with Crippen molar-refractivity contribution >= 4 is 11.9 Å². The lowest BCUT2D eigenvalue weighted by atomic mass is 10.1. The Kier molecular flexibility index (Phi) is 7.73. The first kappa shape index (κ1) is 20.4. The molecule has 0 spiro atoms. The normalized spacial score (nSPS) is 11.5. The van der Waals surface area contributed by atoms with Gasteiger partial charge in [0, 0.05) is 18.7 Å². The van der Waals surface area contributed by atoms with Crippen molar-refractivity contribution in [1.29, 1.82) is 0 Å². The fourth-order valence-corrected chi connectivity index (χ4v) is 2.50. The van der Waals surface area contributed by atoms with Gasteiger partial charge in [0.2, 0.25) is 5.91 Å². The number of halogens is 2. The maximum Gasteiger partial charge on any atom is 0.315 e. The van der Waals surface area contributed by atoms with E-state index >= 15 is 0 Å². The van der Waals surface area contributed by atoms with Crippen LogP contribution >= 0.6 is 0 Å². The highest BCUT2D eigenvalue weighted by Crippen LogP contribution is 2.06. The van der Waals surface area contributed by atoms with Crippen molar-refractivity contribution < 1.29 is 18.4 Å². The maximum absolute atomic E-state index is 13.6. The Morgan fingerprint density at radius 1 is 0.963 bits per heavy atom. The Hall–Kier alpha value is -2.96. The molecule has 1 unspecified atom stereocenters. The number of urea groups is 1. The SMILES string of the molecule is CCCC(NC(=O)NCc1ccc(F)cc1)C(=O)NCc1ccccc1F. The predicted octanol–water partition coefficient (Wildman–Crippen LogP) is 3.25. The summed E-state index contributed by atoms with van der Waals surface area (Å²) in [5.74, 6) is -1.12. The van der Waals surface area contributed by atoms with Crippen LogP contribution in [0, 0.1) is 11.6 Å². The first-order valence-corrected chi connectivity index (χ1v) is 8.79. The molecule has 0 fully saturated rings. The molecule has 0 aromatic heterocycles. The molecule has 3 N–H and O–H groups in total. The molecule has 0 aliphatic rings. The Labute approximate surface area is 157 Å². The fraction of sp³-hybridized carbons (Fsp3) is 0.300. The molecule has 2 rings (SSSR count). The van der Waals surface area contributed by atoms with E-state index in [4.69, 9.17) is 0 Å². The van der Waals surface area contributed by atoms with Crippen LogP contribution in [-0.4, -0.2) is 18.0 Å². The minimum Gasteiger partial charge on any atom is -0.350 e. The van der Waals surface area contributed by atoms with Crippen LogP contribution in [0.5, 0.6) is 0 Å². The average molecular weight is 375 g/mol. The number of hydrogen-bond donors (Lipinski definition) is 3. The van der Waals surface area contributed by atoms with Gasteiger partial charge in [-0.1, -0.05) is 43.7 Å². The van der Waals surface area contributed by atoms with E-state index in [-0.39, 0.29) is 24.8 Å². The predicted molar refractivity (Wildman–Crippen MR) is 98.7 cm³/mol. The van der Waals surface area contributed by atoms with Crippen LogP contribution in [-0.2, 0) is 17.9 Å². The molecule has 7 heteroatoms. The van der Waals surface area contributed by atoms with Crippen molar-refractivity contribution in [2.45, 2.75) is 38.9 Å². The molecule has 0 bridgehead atoms. The van der Waals surface area contributed by atoms with Crippen LogP contribution in [0.1, 0.15) is 30.9 Å². The van der Waals surface area contributed by atoms with Crippen LogP contribution in [0.4, 0.5) is 13.6 Å². The van der Waals surface area contributed by atoms with Gasteiger partial charge in [-0.3, -0.25) is 4.79 Å². The summed E-state index contributed by atoms with van der Waals surface area (Å²) >= 11 is 0. The highest BCUT2D eigenvalue weighted by molar-refractivity contribution is 5.86. The number of carbonyl (C=O) groups excluding carboxylic acids is 2. The van der Waals surface area contributed by atoms with Gasteiger partial charge in [-0.05, 0) is 30.2 Å². The van der Waals surface area contributed by atoms with Gasteiger partial charge in [0.25, 0.3) is 0 Å². The zero-order chi connectivity index (χ0) is 19.6. The third-order valence-corrected chi connectivity index (χ3v) is 3.98. The van der Waals surface area contributed by atoms with E-state index in [9.17, 15) is 18.4 Å². The average Bonchev–Trinajstić information content (AvgIpc) is 2.66. The topological polar surface area (TPSA) is 70.2 Å². The molecule has 144 valence electrons. The second-order valence-corrected chi connectivity index (χ2v) is 6.10. The Morgan fingerprint density at radius 2 is 1.67 bits per heavy atom. The summed E-state index contributed by atoms with van der Waals surface area (Å²) in [5, 5.41) is 7.90. The van der Waals surface area contributed by atoms with Gasteiger partial charge in [0.05, 0.1) is 0 Å². The fourth-order valence-electron chi connectivity index (χ4n) is 2.50. The van der Waals surface area contributed by atoms with Crippen molar-refractivity contribution in [3.8, 4) is 0 Å². The summed E-state index contributed by atoms with van der Waals surface area (Å²) in [6.45, 7) is 2.15. The van der Waals surface area contributed by atoms with E-state index in [1.807, 2.05) is 6.92 Å². The zero-order valence-electron chi connectivity index (χ0n) is 15.1. The van der Waals surface area contributed by atoms with Gasteiger partial charge in [-0.2, -0.15) is 0 Å². The van der Waals surface area contributed by atoms with Crippen molar-refractivity contribution in [3.63, 3.8) is 0 Å². The van der Waals surface area contributed by atoms with Gasteiger partial charge in [0.15, 0.2) is 0 Å². The second-order valence-electron chi connectivity index (χ2n) is 6.10. The maximum atomic E-state index is 13.6. The minimum absolute atomic E-state index is 0.0462. The smallest absolute Gasteiger partial charge is 0.315 e. The lowest BCUT2D eigenvalue weighted by molar-refractivity contribution is -0.123. The van der Waals surface area contributed by atoms with E-state index in [0.29, 0.717) is 18.4 Å². The van der Waals surface area contributed by atoms with Crippen molar-refractivity contribution in [2.24, 2.45) is 0 Å². The molecule has 5 nitrogen and oxygen atoms in total. The van der Waals surface area contributed by atoms with E-state index in [1.165, 1.54) is 18.2 Å². The first-order chi connectivity index (χ1) is 13.0. The Balaban J connectivity index is 1.85. The number of hydrogen-bond acceptors (Lipinski definition) is 2. The van der Waals surface area contributed by atoms with Crippen LogP contribution < -0.4 is 16.0 Å².